The zero-order valence-electron chi connectivity index (χ0n) is 12.3. The zero-order valence-corrected chi connectivity index (χ0v) is 14.6. The van der Waals surface area contributed by atoms with E-state index in [-0.39, 0.29) is 10.6 Å². The Morgan fingerprint density at radius 2 is 2.27 bits per heavy atom. The van der Waals surface area contributed by atoms with E-state index >= 15 is 0 Å². The summed E-state index contributed by atoms with van der Waals surface area (Å²) >= 11 is 12.8. The molecule has 1 aliphatic heterocycles. The largest absolute Gasteiger partial charge is 0.622 e. The fourth-order valence-electron chi connectivity index (χ4n) is 2.40. The predicted molar refractivity (Wildman–Crippen MR) is 95.2 cm³/mol. The average Bonchev–Trinajstić information content (AvgIpc) is 2.64. The minimum Gasteiger partial charge on any atom is -0.622 e. The molecule has 0 radical (unpaired) electrons. The van der Waals surface area contributed by atoms with Crippen LogP contribution in [0.2, 0.25) is 5.02 Å². The fraction of sp³-hybridized carbons (Fsp3) is 0.333. The van der Waals surface area contributed by atoms with E-state index in [9.17, 15) is 9.60 Å². The van der Waals surface area contributed by atoms with Gasteiger partial charge in [-0.15, -0.1) is 6.58 Å². The average molecular weight is 359 g/mol. The highest BCUT2D eigenvalue weighted by molar-refractivity contribution is 8.24. The standard InChI is InChI=1S/C15H16ClFN2OS2/c1-4-8-18-13(15(2,3)22-14(18)21)19(20)9-10-11(16)6-5-7-12(10)17/h4-7,9,13H,1,8H2,2-3H3/b19-9-/t13-/m1/s1. The smallest absolute Gasteiger partial charge is 0.254 e. The Kier molecular flexibility index (Phi) is 5.14. The second-order valence-corrected chi connectivity index (χ2v) is 8.11. The third-order valence-electron chi connectivity index (χ3n) is 3.32. The van der Waals surface area contributed by atoms with E-state index in [2.05, 4.69) is 6.58 Å². The maximum atomic E-state index is 13.9. The van der Waals surface area contributed by atoms with Crippen molar-refractivity contribution in [3.63, 3.8) is 0 Å². The molecule has 1 saturated heterocycles. The van der Waals surface area contributed by atoms with Crippen molar-refractivity contribution in [1.82, 2.24) is 4.90 Å². The SMILES string of the molecule is C=CCN1C(=S)SC(C)(C)[C@H]1/[N+]([O-])=C/c1c(F)cccc1Cl. The fourth-order valence-corrected chi connectivity index (χ4v) is 4.51. The van der Waals surface area contributed by atoms with Gasteiger partial charge in [-0.3, -0.25) is 4.90 Å². The molecule has 1 aliphatic rings. The van der Waals surface area contributed by atoms with Gasteiger partial charge in [-0.05, 0) is 26.0 Å². The second-order valence-electron chi connectivity index (χ2n) is 5.41. The minimum absolute atomic E-state index is 0.0799. The molecule has 0 aromatic heterocycles. The molecular formula is C15H16ClFN2OS2. The summed E-state index contributed by atoms with van der Waals surface area (Å²) in [7, 11) is 0. The van der Waals surface area contributed by atoms with Crippen molar-refractivity contribution in [1.29, 1.82) is 0 Å². The van der Waals surface area contributed by atoms with E-state index in [1.807, 2.05) is 13.8 Å². The first kappa shape index (κ1) is 17.2. The maximum Gasteiger partial charge on any atom is 0.254 e. The summed E-state index contributed by atoms with van der Waals surface area (Å²) in [5.74, 6) is -0.533. The molecule has 1 fully saturated rings. The van der Waals surface area contributed by atoms with E-state index in [1.54, 1.807) is 17.0 Å². The quantitative estimate of drug-likeness (QED) is 0.203. The molecular weight excluding hydrogens is 343 g/mol. The van der Waals surface area contributed by atoms with Gasteiger partial charge >= 0.3 is 0 Å². The highest BCUT2D eigenvalue weighted by atomic mass is 35.5. The summed E-state index contributed by atoms with van der Waals surface area (Å²) < 4.78 is 14.8. The number of hydroxylamine groups is 1. The lowest BCUT2D eigenvalue weighted by Crippen LogP contribution is -2.48. The van der Waals surface area contributed by atoms with E-state index < -0.39 is 16.7 Å². The van der Waals surface area contributed by atoms with Crippen molar-refractivity contribution in [3.8, 4) is 0 Å². The maximum absolute atomic E-state index is 13.9. The summed E-state index contributed by atoms with van der Waals surface area (Å²) in [6.07, 6.45) is 2.32. The van der Waals surface area contributed by atoms with Crippen LogP contribution in [-0.2, 0) is 0 Å². The van der Waals surface area contributed by atoms with Crippen LogP contribution in [-0.4, -0.2) is 37.6 Å². The molecule has 0 bridgehead atoms. The molecule has 0 spiro atoms. The molecule has 3 nitrogen and oxygen atoms in total. The van der Waals surface area contributed by atoms with Crippen LogP contribution in [0.4, 0.5) is 4.39 Å². The molecule has 1 atom stereocenters. The molecule has 0 amide bonds. The van der Waals surface area contributed by atoms with Gasteiger partial charge in [0, 0.05) is 6.54 Å². The van der Waals surface area contributed by atoms with Gasteiger partial charge in [0.2, 0.25) is 0 Å². The van der Waals surface area contributed by atoms with E-state index in [0.29, 0.717) is 10.9 Å². The van der Waals surface area contributed by atoms with Gasteiger partial charge in [-0.25, -0.2) is 4.39 Å². The Morgan fingerprint density at radius 3 is 2.86 bits per heavy atom. The van der Waals surface area contributed by atoms with Crippen molar-refractivity contribution in [2.24, 2.45) is 0 Å². The molecule has 0 unspecified atom stereocenters. The van der Waals surface area contributed by atoms with Gasteiger partial charge in [0.15, 0.2) is 6.21 Å². The van der Waals surface area contributed by atoms with Crippen LogP contribution in [0.15, 0.2) is 30.9 Å². The number of hydrogen-bond acceptors (Lipinski definition) is 3. The third kappa shape index (κ3) is 3.29. The van der Waals surface area contributed by atoms with E-state index in [0.717, 1.165) is 4.74 Å². The Labute approximate surface area is 144 Å². The molecule has 1 heterocycles. The second kappa shape index (κ2) is 6.56. The Hall–Kier alpha value is -1.11. The zero-order chi connectivity index (χ0) is 16.5. The van der Waals surface area contributed by atoms with E-state index in [4.69, 9.17) is 23.8 Å². The van der Waals surface area contributed by atoms with Gasteiger partial charge in [0.05, 0.1) is 10.6 Å². The number of halogens is 2. The van der Waals surface area contributed by atoms with Crippen LogP contribution in [0.25, 0.3) is 0 Å². The first-order valence-electron chi connectivity index (χ1n) is 6.63. The Bertz CT molecular complexity index is 628. The van der Waals surface area contributed by atoms with Crippen LogP contribution in [0.1, 0.15) is 19.4 Å². The molecule has 0 aliphatic carbocycles. The van der Waals surface area contributed by atoms with Crippen LogP contribution in [0.5, 0.6) is 0 Å². The molecule has 1 aromatic carbocycles. The minimum atomic E-state index is -0.557. The summed E-state index contributed by atoms with van der Waals surface area (Å²) in [4.78, 5) is 1.78. The van der Waals surface area contributed by atoms with Gasteiger partial charge in [-0.2, -0.15) is 4.74 Å². The summed E-state index contributed by atoms with van der Waals surface area (Å²) in [6, 6.07) is 4.32. The van der Waals surface area contributed by atoms with E-state index in [1.165, 1.54) is 30.1 Å². The summed E-state index contributed by atoms with van der Waals surface area (Å²) in [5.41, 5.74) is 0.0799. The molecule has 22 heavy (non-hydrogen) atoms. The molecule has 1 aromatic rings. The summed E-state index contributed by atoms with van der Waals surface area (Å²) in [6.45, 7) is 8.01. The number of thioether (sulfide) groups is 1. The molecule has 0 N–H and O–H groups in total. The van der Waals surface area contributed by atoms with Gasteiger partial charge in [0.1, 0.15) is 14.9 Å². The lowest BCUT2D eigenvalue weighted by molar-refractivity contribution is -0.523. The topological polar surface area (TPSA) is 29.3 Å². The van der Waals surface area contributed by atoms with Gasteiger partial charge < -0.3 is 5.21 Å². The number of hydrogen-bond donors (Lipinski definition) is 0. The number of nitrogens with zero attached hydrogens (tertiary/aromatic N) is 2. The Morgan fingerprint density at radius 1 is 1.59 bits per heavy atom. The normalized spacial score (nSPS) is 21.3. The van der Waals surface area contributed by atoms with Crippen molar-refractivity contribution in [2.75, 3.05) is 6.54 Å². The molecule has 118 valence electrons. The lowest BCUT2D eigenvalue weighted by atomic mass is 10.1. The molecule has 2 rings (SSSR count). The highest BCUT2D eigenvalue weighted by Crippen LogP contribution is 2.41. The third-order valence-corrected chi connectivity index (χ3v) is 5.28. The lowest BCUT2D eigenvalue weighted by Gasteiger charge is -2.29. The van der Waals surface area contributed by atoms with Crippen LogP contribution in [0.3, 0.4) is 0 Å². The monoisotopic (exact) mass is 358 g/mol. The van der Waals surface area contributed by atoms with Crippen molar-refractivity contribution < 1.29 is 9.13 Å². The van der Waals surface area contributed by atoms with Crippen LogP contribution in [0, 0.1) is 11.0 Å². The van der Waals surface area contributed by atoms with Crippen LogP contribution >= 0.6 is 35.6 Å². The summed E-state index contributed by atoms with van der Waals surface area (Å²) in [5, 5.41) is 12.8. The number of benzene rings is 1. The van der Waals surface area contributed by atoms with Crippen molar-refractivity contribution >= 4 is 46.1 Å². The highest BCUT2D eigenvalue weighted by Gasteiger charge is 2.50. The number of rotatable bonds is 4. The first-order chi connectivity index (χ1) is 10.3. The van der Waals surface area contributed by atoms with Gasteiger partial charge in [-0.1, -0.05) is 47.7 Å². The number of thiocarbonyl (C=S) groups is 1. The van der Waals surface area contributed by atoms with Gasteiger partial charge in [0.25, 0.3) is 6.17 Å². The van der Waals surface area contributed by atoms with Crippen molar-refractivity contribution in [2.45, 2.75) is 24.8 Å². The van der Waals surface area contributed by atoms with Crippen LogP contribution < -0.4 is 0 Å². The predicted octanol–water partition coefficient (Wildman–Crippen LogP) is 4.03. The molecule has 0 saturated carbocycles. The molecule has 7 heteroatoms. The Balaban J connectivity index is 2.45. The first-order valence-corrected chi connectivity index (χ1v) is 8.23. The van der Waals surface area contributed by atoms with Crippen molar-refractivity contribution in [3.05, 3.63) is 52.5 Å².